The Kier molecular flexibility index (Phi) is 4.16. The molecule has 2 aromatic heterocycles. The highest BCUT2D eigenvalue weighted by molar-refractivity contribution is 7.89. The third-order valence-electron chi connectivity index (χ3n) is 3.24. The first-order valence-corrected chi connectivity index (χ1v) is 8.73. The van der Waals surface area contributed by atoms with E-state index in [9.17, 15) is 8.42 Å². The Morgan fingerprint density at radius 1 is 1.17 bits per heavy atom. The van der Waals surface area contributed by atoms with Crippen molar-refractivity contribution in [1.29, 1.82) is 0 Å². The molecule has 3 rings (SSSR count). The van der Waals surface area contributed by atoms with E-state index in [0.29, 0.717) is 12.3 Å². The summed E-state index contributed by atoms with van der Waals surface area (Å²) in [6.45, 7) is 2.00. The van der Waals surface area contributed by atoms with Crippen LogP contribution in [0, 0.1) is 0 Å². The summed E-state index contributed by atoms with van der Waals surface area (Å²) in [6, 6.07) is 13.0. The number of aromatic nitrogens is 3. The number of furan rings is 1. The van der Waals surface area contributed by atoms with Crippen molar-refractivity contribution in [3.05, 3.63) is 54.3 Å². The molecule has 1 N–H and O–H groups in total. The summed E-state index contributed by atoms with van der Waals surface area (Å²) in [5, 5.41) is 7.09. The molecule has 0 bridgehead atoms. The molecule has 0 saturated carbocycles. The van der Waals surface area contributed by atoms with Crippen molar-refractivity contribution in [2.45, 2.75) is 13.5 Å². The highest BCUT2D eigenvalue weighted by Gasteiger charge is 2.21. The molecule has 0 aliphatic rings. The van der Waals surface area contributed by atoms with Gasteiger partial charge in [0.15, 0.2) is 5.76 Å². The van der Waals surface area contributed by atoms with E-state index < -0.39 is 10.0 Å². The van der Waals surface area contributed by atoms with Gasteiger partial charge in [-0.3, -0.25) is 0 Å². The lowest BCUT2D eigenvalue weighted by molar-refractivity contribution is 0.574. The molecule has 23 heavy (non-hydrogen) atoms. The van der Waals surface area contributed by atoms with Crippen LogP contribution in [-0.2, 0) is 16.6 Å². The van der Waals surface area contributed by atoms with Crippen molar-refractivity contribution in [3.8, 4) is 11.6 Å². The summed E-state index contributed by atoms with van der Waals surface area (Å²) in [6.07, 6.45) is 1.49. The molecular weight excluding hydrogens is 316 g/mol. The molecule has 0 radical (unpaired) electrons. The Morgan fingerprint density at radius 2 is 1.96 bits per heavy atom. The van der Waals surface area contributed by atoms with E-state index in [1.54, 1.807) is 19.1 Å². The average Bonchev–Trinajstić information content (AvgIpc) is 3.23. The van der Waals surface area contributed by atoms with Crippen LogP contribution in [0.5, 0.6) is 0 Å². The number of nitrogens with one attached hydrogen (secondary N) is 1. The fourth-order valence-corrected chi connectivity index (χ4v) is 2.82. The number of hydrogen-bond acceptors (Lipinski definition) is 6. The predicted octanol–water partition coefficient (Wildman–Crippen LogP) is 2.35. The number of rotatable bonds is 6. The van der Waals surface area contributed by atoms with Gasteiger partial charge in [0.2, 0.25) is 11.8 Å². The van der Waals surface area contributed by atoms with Crippen molar-refractivity contribution in [3.63, 3.8) is 0 Å². The minimum Gasteiger partial charge on any atom is -0.461 e. The van der Waals surface area contributed by atoms with E-state index in [-0.39, 0.29) is 17.5 Å². The SMILES string of the molecule is CCS(=O)(=O)n1nc(-c2ccco2)nc1NCc1ccccc1. The normalized spacial score (nSPS) is 11.5. The van der Waals surface area contributed by atoms with Gasteiger partial charge in [-0.2, -0.15) is 4.98 Å². The molecule has 3 aromatic rings. The van der Waals surface area contributed by atoms with Gasteiger partial charge in [-0.15, -0.1) is 9.19 Å². The zero-order valence-corrected chi connectivity index (χ0v) is 13.3. The van der Waals surface area contributed by atoms with Gasteiger partial charge in [-0.1, -0.05) is 30.3 Å². The van der Waals surface area contributed by atoms with Crippen molar-refractivity contribution in [1.82, 2.24) is 14.2 Å². The standard InChI is InChI=1S/C15H16N4O3S/c1-2-23(20,21)19-15(16-11-12-7-4-3-5-8-12)17-14(18-19)13-9-6-10-22-13/h3-10H,2,11H2,1H3,(H,16,17,18). The van der Waals surface area contributed by atoms with Crippen LogP contribution < -0.4 is 5.32 Å². The Balaban J connectivity index is 1.94. The van der Waals surface area contributed by atoms with Gasteiger partial charge in [0.25, 0.3) is 10.0 Å². The van der Waals surface area contributed by atoms with Gasteiger partial charge < -0.3 is 9.73 Å². The van der Waals surface area contributed by atoms with Crippen molar-refractivity contribution in [2.75, 3.05) is 11.1 Å². The quantitative estimate of drug-likeness (QED) is 0.745. The molecule has 0 fully saturated rings. The maximum atomic E-state index is 12.2. The molecule has 1 aromatic carbocycles. The first-order valence-electron chi connectivity index (χ1n) is 7.12. The predicted molar refractivity (Wildman–Crippen MR) is 86.4 cm³/mol. The Hall–Kier alpha value is -2.61. The number of anilines is 1. The van der Waals surface area contributed by atoms with Crippen LogP contribution in [0.3, 0.4) is 0 Å². The summed E-state index contributed by atoms with van der Waals surface area (Å²) in [5.74, 6) is 0.732. The largest absolute Gasteiger partial charge is 0.461 e. The van der Waals surface area contributed by atoms with Gasteiger partial charge in [0.1, 0.15) is 0 Å². The number of hydrogen-bond donors (Lipinski definition) is 1. The lowest BCUT2D eigenvalue weighted by Gasteiger charge is -2.07. The molecule has 0 unspecified atom stereocenters. The molecule has 7 nitrogen and oxygen atoms in total. The summed E-state index contributed by atoms with van der Waals surface area (Å²) in [7, 11) is -3.56. The molecular formula is C15H16N4O3S. The molecule has 2 heterocycles. The van der Waals surface area contributed by atoms with Crippen molar-refractivity contribution < 1.29 is 12.8 Å². The molecule has 120 valence electrons. The smallest absolute Gasteiger partial charge is 0.256 e. The molecule has 8 heteroatoms. The Labute approximate surface area is 134 Å². The van der Waals surface area contributed by atoms with Gasteiger partial charge in [-0.25, -0.2) is 8.42 Å². The van der Waals surface area contributed by atoms with Gasteiger partial charge in [-0.05, 0) is 24.6 Å². The van der Waals surface area contributed by atoms with Gasteiger partial charge >= 0.3 is 0 Å². The first kappa shape index (κ1) is 15.3. The third kappa shape index (κ3) is 3.26. The van der Waals surface area contributed by atoms with E-state index in [2.05, 4.69) is 15.4 Å². The summed E-state index contributed by atoms with van der Waals surface area (Å²) in [4.78, 5) is 4.25. The van der Waals surface area contributed by atoms with Crippen LogP contribution in [0.15, 0.2) is 53.1 Å². The molecule has 0 aliphatic carbocycles. The second-order valence-corrected chi connectivity index (χ2v) is 6.91. The summed E-state index contributed by atoms with van der Waals surface area (Å²) < 4.78 is 30.6. The molecule has 0 atom stereocenters. The first-order chi connectivity index (χ1) is 11.1. The molecule has 0 saturated heterocycles. The number of nitrogens with zero attached hydrogens (tertiary/aromatic N) is 3. The summed E-state index contributed by atoms with van der Waals surface area (Å²) >= 11 is 0. The third-order valence-corrected chi connectivity index (χ3v) is 4.75. The van der Waals surface area contributed by atoms with Crippen LogP contribution in [0.25, 0.3) is 11.6 Å². The van der Waals surface area contributed by atoms with E-state index in [1.165, 1.54) is 6.26 Å². The molecule has 0 spiro atoms. The van der Waals surface area contributed by atoms with Crippen molar-refractivity contribution in [2.24, 2.45) is 0 Å². The van der Waals surface area contributed by atoms with Gasteiger partial charge in [0, 0.05) is 6.54 Å². The Morgan fingerprint density at radius 3 is 2.61 bits per heavy atom. The van der Waals surface area contributed by atoms with Crippen LogP contribution >= 0.6 is 0 Å². The van der Waals surface area contributed by atoms with E-state index in [0.717, 1.165) is 9.65 Å². The second kappa shape index (κ2) is 6.25. The number of benzene rings is 1. The highest BCUT2D eigenvalue weighted by Crippen LogP contribution is 2.20. The zero-order chi connectivity index (χ0) is 16.3. The van der Waals surface area contributed by atoms with E-state index in [1.807, 2.05) is 30.3 Å². The van der Waals surface area contributed by atoms with E-state index >= 15 is 0 Å². The molecule has 0 aliphatic heterocycles. The average molecular weight is 332 g/mol. The monoisotopic (exact) mass is 332 g/mol. The fraction of sp³-hybridized carbons (Fsp3) is 0.200. The zero-order valence-electron chi connectivity index (χ0n) is 12.5. The lowest BCUT2D eigenvalue weighted by atomic mass is 10.2. The van der Waals surface area contributed by atoms with Crippen molar-refractivity contribution >= 4 is 16.0 Å². The molecule has 0 amide bonds. The van der Waals surface area contributed by atoms with Crippen LogP contribution in [-0.4, -0.2) is 28.3 Å². The van der Waals surface area contributed by atoms with Crippen LogP contribution in [0.4, 0.5) is 5.95 Å². The second-order valence-electron chi connectivity index (χ2n) is 4.82. The van der Waals surface area contributed by atoms with Crippen LogP contribution in [0.2, 0.25) is 0 Å². The van der Waals surface area contributed by atoms with E-state index in [4.69, 9.17) is 4.42 Å². The highest BCUT2D eigenvalue weighted by atomic mass is 32.2. The fourth-order valence-electron chi connectivity index (χ4n) is 2.01. The minimum absolute atomic E-state index is 0.0754. The Bertz CT molecular complexity index is 871. The maximum absolute atomic E-state index is 12.2. The summed E-state index contributed by atoms with van der Waals surface area (Å²) in [5.41, 5.74) is 1.01. The maximum Gasteiger partial charge on any atom is 0.256 e. The topological polar surface area (TPSA) is 90.0 Å². The lowest BCUT2D eigenvalue weighted by Crippen LogP contribution is -2.19. The van der Waals surface area contributed by atoms with Crippen LogP contribution in [0.1, 0.15) is 12.5 Å². The minimum atomic E-state index is -3.56. The van der Waals surface area contributed by atoms with Gasteiger partial charge in [0.05, 0.1) is 12.0 Å².